The highest BCUT2D eigenvalue weighted by molar-refractivity contribution is 5.95. The van der Waals surface area contributed by atoms with E-state index in [9.17, 15) is 9.18 Å². The van der Waals surface area contributed by atoms with Crippen LogP contribution < -0.4 is 5.32 Å². The van der Waals surface area contributed by atoms with Gasteiger partial charge in [0, 0.05) is 18.8 Å². The van der Waals surface area contributed by atoms with E-state index in [2.05, 4.69) is 41.1 Å². The van der Waals surface area contributed by atoms with Crippen LogP contribution in [0.2, 0.25) is 0 Å². The first-order chi connectivity index (χ1) is 12.9. The van der Waals surface area contributed by atoms with E-state index >= 15 is 0 Å². The number of nitrogens with zero attached hydrogens (tertiary/aromatic N) is 1. The summed E-state index contributed by atoms with van der Waals surface area (Å²) >= 11 is 0. The van der Waals surface area contributed by atoms with Crippen molar-refractivity contribution in [2.24, 2.45) is 0 Å². The molecule has 0 bridgehead atoms. The molecule has 1 aromatic heterocycles. The molecule has 0 saturated carbocycles. The van der Waals surface area contributed by atoms with Crippen molar-refractivity contribution < 1.29 is 9.18 Å². The number of amides is 1. The third-order valence-electron chi connectivity index (χ3n) is 5.18. The molecule has 0 spiro atoms. The quantitative estimate of drug-likeness (QED) is 0.691. The van der Waals surface area contributed by atoms with E-state index in [1.54, 1.807) is 12.1 Å². The second kappa shape index (κ2) is 7.78. The van der Waals surface area contributed by atoms with Gasteiger partial charge >= 0.3 is 0 Å². The number of hydrogen-bond donors (Lipinski definition) is 1. The molecule has 1 N–H and O–H groups in total. The fraction of sp³-hybridized carbons (Fsp3) is 0.261. The maximum atomic E-state index is 13.0. The maximum Gasteiger partial charge on any atom is 0.268 e. The Labute approximate surface area is 159 Å². The molecule has 4 heteroatoms. The van der Waals surface area contributed by atoms with Gasteiger partial charge in [-0.05, 0) is 62.1 Å². The molecule has 0 saturated heterocycles. The molecule has 3 nitrogen and oxygen atoms in total. The second-order valence-electron chi connectivity index (χ2n) is 7.06. The van der Waals surface area contributed by atoms with Gasteiger partial charge in [-0.2, -0.15) is 0 Å². The molecule has 2 aromatic carbocycles. The van der Waals surface area contributed by atoms with E-state index in [1.165, 1.54) is 17.7 Å². The zero-order chi connectivity index (χ0) is 19.6. The number of nitrogens with one attached hydrogen (secondary N) is 1. The zero-order valence-electron chi connectivity index (χ0n) is 16.3. The Morgan fingerprint density at radius 2 is 1.48 bits per heavy atom. The Hall–Kier alpha value is -2.88. The molecule has 0 aliphatic rings. The molecule has 0 aliphatic carbocycles. The Morgan fingerprint density at radius 3 is 2.11 bits per heavy atom. The van der Waals surface area contributed by atoms with Crippen LogP contribution in [-0.4, -0.2) is 10.5 Å². The summed E-state index contributed by atoms with van der Waals surface area (Å²) in [7, 11) is 0. The number of halogens is 1. The van der Waals surface area contributed by atoms with Crippen LogP contribution in [0, 0.1) is 33.5 Å². The molecule has 1 amide bonds. The van der Waals surface area contributed by atoms with Gasteiger partial charge in [0.25, 0.3) is 5.91 Å². The van der Waals surface area contributed by atoms with Crippen molar-refractivity contribution in [3.05, 3.63) is 93.6 Å². The summed E-state index contributed by atoms with van der Waals surface area (Å²) in [4.78, 5) is 12.9. The number of aryl methyl sites for hydroxylation is 1. The smallest absolute Gasteiger partial charge is 0.268 e. The lowest BCUT2D eigenvalue weighted by Crippen LogP contribution is -2.26. The van der Waals surface area contributed by atoms with E-state index in [1.807, 2.05) is 20.8 Å². The van der Waals surface area contributed by atoms with Gasteiger partial charge in [-0.1, -0.05) is 42.0 Å². The van der Waals surface area contributed by atoms with Gasteiger partial charge in [-0.3, -0.25) is 4.79 Å². The SMILES string of the molecule is Cc1ccc(Cn2c(C)c(C)c(C)c2C(=O)NCc2ccc(F)cc2)cc1. The minimum absolute atomic E-state index is 0.111. The first kappa shape index (κ1) is 18.9. The first-order valence-corrected chi connectivity index (χ1v) is 9.11. The molecule has 140 valence electrons. The van der Waals surface area contributed by atoms with Crippen LogP contribution in [-0.2, 0) is 13.1 Å². The Balaban J connectivity index is 1.84. The van der Waals surface area contributed by atoms with Gasteiger partial charge < -0.3 is 9.88 Å². The summed E-state index contributed by atoms with van der Waals surface area (Å²) in [5, 5.41) is 2.97. The topological polar surface area (TPSA) is 34.0 Å². The van der Waals surface area contributed by atoms with Crippen LogP contribution in [0.3, 0.4) is 0 Å². The van der Waals surface area contributed by atoms with Crippen LogP contribution in [0.15, 0.2) is 48.5 Å². The van der Waals surface area contributed by atoms with E-state index < -0.39 is 0 Å². The van der Waals surface area contributed by atoms with Crippen LogP contribution in [0.25, 0.3) is 0 Å². The van der Waals surface area contributed by atoms with Crippen molar-refractivity contribution in [1.29, 1.82) is 0 Å². The Bertz CT molecular complexity index is 954. The Kier molecular flexibility index (Phi) is 5.45. The summed E-state index contributed by atoms with van der Waals surface area (Å²) in [6, 6.07) is 14.5. The van der Waals surface area contributed by atoms with Crippen LogP contribution in [0.1, 0.15) is 44.0 Å². The molecule has 0 atom stereocenters. The third-order valence-corrected chi connectivity index (χ3v) is 5.18. The van der Waals surface area contributed by atoms with E-state index in [0.717, 1.165) is 27.9 Å². The van der Waals surface area contributed by atoms with Gasteiger partial charge in [0.2, 0.25) is 0 Å². The highest BCUT2D eigenvalue weighted by Crippen LogP contribution is 2.23. The summed E-state index contributed by atoms with van der Waals surface area (Å²) in [6.45, 7) is 9.17. The molecule has 0 fully saturated rings. The molecule has 0 aliphatic heterocycles. The van der Waals surface area contributed by atoms with Crippen molar-refractivity contribution >= 4 is 5.91 Å². The van der Waals surface area contributed by atoms with Gasteiger partial charge in [-0.25, -0.2) is 4.39 Å². The monoisotopic (exact) mass is 364 g/mol. The van der Waals surface area contributed by atoms with Crippen LogP contribution >= 0.6 is 0 Å². The molecule has 3 rings (SSSR count). The first-order valence-electron chi connectivity index (χ1n) is 9.11. The van der Waals surface area contributed by atoms with Crippen molar-refractivity contribution in [2.75, 3.05) is 0 Å². The fourth-order valence-electron chi connectivity index (χ4n) is 3.26. The van der Waals surface area contributed by atoms with Crippen molar-refractivity contribution in [2.45, 2.75) is 40.8 Å². The zero-order valence-corrected chi connectivity index (χ0v) is 16.3. The number of benzene rings is 2. The third kappa shape index (κ3) is 4.11. The number of hydrogen-bond acceptors (Lipinski definition) is 1. The molecular formula is C23H25FN2O. The average Bonchev–Trinajstić information content (AvgIpc) is 2.87. The number of rotatable bonds is 5. The minimum Gasteiger partial charge on any atom is -0.347 e. The molecule has 3 aromatic rings. The van der Waals surface area contributed by atoms with Crippen molar-refractivity contribution in [1.82, 2.24) is 9.88 Å². The molecule has 1 heterocycles. The van der Waals surface area contributed by atoms with Gasteiger partial charge in [-0.15, -0.1) is 0 Å². The lowest BCUT2D eigenvalue weighted by molar-refractivity contribution is 0.0941. The summed E-state index contributed by atoms with van der Waals surface area (Å²) in [5.41, 5.74) is 7.16. The lowest BCUT2D eigenvalue weighted by atomic mass is 10.1. The predicted octanol–water partition coefficient (Wildman–Crippen LogP) is 4.84. The summed E-state index contributed by atoms with van der Waals surface area (Å²) in [6.07, 6.45) is 0. The standard InChI is InChI=1S/C23H25FN2O/c1-15-5-7-20(8-6-15)14-26-18(4)16(2)17(3)22(26)23(27)25-13-19-9-11-21(24)12-10-19/h5-12H,13-14H2,1-4H3,(H,25,27). The number of carbonyl (C=O) groups is 1. The molecule has 0 radical (unpaired) electrons. The van der Waals surface area contributed by atoms with Crippen LogP contribution in [0.4, 0.5) is 4.39 Å². The van der Waals surface area contributed by atoms with Gasteiger partial charge in [0.05, 0.1) is 0 Å². The predicted molar refractivity (Wildman–Crippen MR) is 106 cm³/mol. The van der Waals surface area contributed by atoms with E-state index in [0.29, 0.717) is 18.8 Å². The number of aromatic nitrogens is 1. The summed E-state index contributed by atoms with van der Waals surface area (Å²) in [5.74, 6) is -0.390. The largest absolute Gasteiger partial charge is 0.347 e. The Morgan fingerprint density at radius 1 is 0.889 bits per heavy atom. The maximum absolute atomic E-state index is 13.0. The van der Waals surface area contributed by atoms with Gasteiger partial charge in [0.1, 0.15) is 11.5 Å². The molecular weight excluding hydrogens is 339 g/mol. The number of carbonyl (C=O) groups excluding carboxylic acids is 1. The normalized spacial score (nSPS) is 10.9. The second-order valence-corrected chi connectivity index (χ2v) is 7.06. The fourth-order valence-corrected chi connectivity index (χ4v) is 3.26. The molecule has 27 heavy (non-hydrogen) atoms. The van der Waals surface area contributed by atoms with Crippen LogP contribution in [0.5, 0.6) is 0 Å². The minimum atomic E-state index is -0.279. The van der Waals surface area contributed by atoms with Crippen molar-refractivity contribution in [3.63, 3.8) is 0 Å². The van der Waals surface area contributed by atoms with E-state index in [4.69, 9.17) is 0 Å². The van der Waals surface area contributed by atoms with Crippen molar-refractivity contribution in [3.8, 4) is 0 Å². The average molecular weight is 364 g/mol. The highest BCUT2D eigenvalue weighted by Gasteiger charge is 2.20. The highest BCUT2D eigenvalue weighted by atomic mass is 19.1. The summed E-state index contributed by atoms with van der Waals surface area (Å²) < 4.78 is 15.1. The van der Waals surface area contributed by atoms with Gasteiger partial charge in [0.15, 0.2) is 0 Å². The lowest BCUT2D eigenvalue weighted by Gasteiger charge is -2.13. The molecule has 0 unspecified atom stereocenters. The van der Waals surface area contributed by atoms with E-state index in [-0.39, 0.29) is 11.7 Å².